The molecule has 0 aliphatic carbocycles. The summed E-state index contributed by atoms with van der Waals surface area (Å²) in [7, 11) is -0.333. The first-order valence-corrected chi connectivity index (χ1v) is 11.0. The van der Waals surface area contributed by atoms with Crippen LogP contribution in [-0.4, -0.2) is 40.9 Å². The van der Waals surface area contributed by atoms with Crippen molar-refractivity contribution in [3.63, 3.8) is 0 Å². The Balaban J connectivity index is 1.58. The minimum absolute atomic E-state index is 0.0510. The molecule has 0 bridgehead atoms. The number of sulfonamides is 1. The van der Waals surface area contributed by atoms with Crippen molar-refractivity contribution in [3.05, 3.63) is 60.2 Å². The van der Waals surface area contributed by atoms with E-state index in [0.717, 1.165) is 24.2 Å². The first-order chi connectivity index (χ1) is 14.0. The maximum atomic E-state index is 13.1. The quantitative estimate of drug-likeness (QED) is 0.614. The lowest BCUT2D eigenvalue weighted by molar-refractivity contribution is 0.216. The summed E-state index contributed by atoms with van der Waals surface area (Å²) >= 11 is 0. The zero-order valence-electron chi connectivity index (χ0n) is 16.5. The lowest BCUT2D eigenvalue weighted by Gasteiger charge is -2.31. The van der Waals surface area contributed by atoms with Gasteiger partial charge in [-0.05, 0) is 30.5 Å². The Bertz CT molecular complexity index is 1090. The van der Waals surface area contributed by atoms with E-state index in [-0.39, 0.29) is 5.03 Å². The molecule has 0 spiro atoms. The summed E-state index contributed by atoms with van der Waals surface area (Å²) in [5.74, 6) is 1.90. The lowest BCUT2D eigenvalue weighted by atomic mass is 10.1. The van der Waals surface area contributed by atoms with Gasteiger partial charge in [0.1, 0.15) is 17.6 Å². The van der Waals surface area contributed by atoms with Crippen molar-refractivity contribution in [2.75, 3.05) is 13.7 Å². The molecule has 1 saturated heterocycles. The minimum atomic E-state index is -3.71. The summed E-state index contributed by atoms with van der Waals surface area (Å²) < 4.78 is 40.6. The third-order valence-electron chi connectivity index (χ3n) is 5.08. The van der Waals surface area contributed by atoms with E-state index >= 15 is 0 Å². The molecule has 1 atom stereocenters. The van der Waals surface area contributed by atoms with Gasteiger partial charge in [0.15, 0.2) is 5.03 Å². The van der Waals surface area contributed by atoms with Crippen LogP contribution in [0, 0.1) is 0 Å². The van der Waals surface area contributed by atoms with Crippen LogP contribution in [0.15, 0.2) is 52.4 Å². The monoisotopic (exact) mass is 416 g/mol. The van der Waals surface area contributed by atoms with Crippen molar-refractivity contribution in [3.8, 4) is 5.75 Å². The number of piperidine rings is 1. The summed E-state index contributed by atoms with van der Waals surface area (Å²) in [6.45, 7) is 0.428. The number of rotatable bonds is 6. The van der Waals surface area contributed by atoms with Crippen LogP contribution in [0.25, 0.3) is 0 Å². The van der Waals surface area contributed by atoms with Crippen LogP contribution in [0.1, 0.15) is 42.5 Å². The predicted molar refractivity (Wildman–Crippen MR) is 106 cm³/mol. The van der Waals surface area contributed by atoms with Crippen LogP contribution < -0.4 is 4.74 Å². The topological polar surface area (TPSA) is 90.5 Å². The Kier molecular flexibility index (Phi) is 5.42. The Labute approximate surface area is 170 Å². The first kappa shape index (κ1) is 19.7. The molecule has 1 aliphatic heterocycles. The summed E-state index contributed by atoms with van der Waals surface area (Å²) in [6.07, 6.45) is 7.64. The highest BCUT2D eigenvalue weighted by Gasteiger charge is 2.38. The van der Waals surface area contributed by atoms with Gasteiger partial charge in [-0.15, -0.1) is 0 Å². The summed E-state index contributed by atoms with van der Waals surface area (Å²) in [6, 6.07) is 7.32. The molecule has 1 aliphatic rings. The fourth-order valence-electron chi connectivity index (χ4n) is 3.62. The molecule has 2 aromatic heterocycles. The Hall–Kier alpha value is -2.65. The van der Waals surface area contributed by atoms with Crippen molar-refractivity contribution in [2.45, 2.75) is 36.8 Å². The molecule has 8 nitrogen and oxygen atoms in total. The van der Waals surface area contributed by atoms with Crippen LogP contribution >= 0.6 is 0 Å². The number of benzene rings is 1. The van der Waals surface area contributed by atoms with Gasteiger partial charge < -0.3 is 13.7 Å². The SMILES string of the molecule is COc1cccc(Cc2cnc([C@@H]3CCCCN3S(=O)(=O)c3cn(C)cn3)o2)c1. The molecule has 1 fully saturated rings. The number of hydrogen-bond acceptors (Lipinski definition) is 6. The molecule has 3 aromatic rings. The van der Waals surface area contributed by atoms with Gasteiger partial charge in [-0.1, -0.05) is 18.6 Å². The van der Waals surface area contributed by atoms with Crippen molar-refractivity contribution >= 4 is 10.0 Å². The second-order valence-electron chi connectivity index (χ2n) is 7.20. The first-order valence-electron chi connectivity index (χ1n) is 9.55. The zero-order valence-corrected chi connectivity index (χ0v) is 17.3. The van der Waals surface area contributed by atoms with Gasteiger partial charge >= 0.3 is 0 Å². The molecule has 3 heterocycles. The molecule has 1 aromatic carbocycles. The standard InChI is InChI=1S/C20H24N4O4S/c1-23-13-19(22-14-23)29(25,26)24-9-4-3-8-18(24)20-21-12-17(28-20)11-15-6-5-7-16(10-15)27-2/h5-7,10,12-14,18H,3-4,8-9,11H2,1-2H3/t18-/m0/s1. The van der Waals surface area contributed by atoms with E-state index in [1.165, 1.54) is 16.8 Å². The molecule has 0 N–H and O–H groups in total. The maximum Gasteiger partial charge on any atom is 0.262 e. The van der Waals surface area contributed by atoms with Gasteiger partial charge in [0.25, 0.3) is 10.0 Å². The molecule has 0 saturated carbocycles. The fourth-order valence-corrected chi connectivity index (χ4v) is 5.24. The second-order valence-corrected chi connectivity index (χ2v) is 9.04. The summed E-state index contributed by atoms with van der Waals surface area (Å²) in [5.41, 5.74) is 1.04. The smallest absolute Gasteiger partial charge is 0.262 e. The normalized spacial score (nSPS) is 18.1. The largest absolute Gasteiger partial charge is 0.497 e. The highest BCUT2D eigenvalue weighted by atomic mass is 32.2. The predicted octanol–water partition coefficient (Wildman–Crippen LogP) is 2.92. The molecule has 9 heteroatoms. The average Bonchev–Trinajstić information content (AvgIpc) is 3.37. The van der Waals surface area contributed by atoms with Crippen LogP contribution in [0.4, 0.5) is 0 Å². The number of oxazole rings is 1. The van der Waals surface area contributed by atoms with E-state index in [0.29, 0.717) is 31.0 Å². The van der Waals surface area contributed by atoms with Gasteiger partial charge in [0.2, 0.25) is 5.89 Å². The average molecular weight is 417 g/mol. The van der Waals surface area contributed by atoms with E-state index in [2.05, 4.69) is 9.97 Å². The number of methoxy groups -OCH3 is 1. The van der Waals surface area contributed by atoms with Gasteiger partial charge in [0, 0.05) is 26.2 Å². The Morgan fingerprint density at radius 2 is 2.14 bits per heavy atom. The van der Waals surface area contributed by atoms with Gasteiger partial charge in [0.05, 0.1) is 19.6 Å². The number of aromatic nitrogens is 3. The van der Waals surface area contributed by atoms with Crippen molar-refractivity contribution in [2.24, 2.45) is 7.05 Å². The number of imidazole rings is 1. The molecule has 29 heavy (non-hydrogen) atoms. The molecular weight excluding hydrogens is 392 g/mol. The van der Waals surface area contributed by atoms with Gasteiger partial charge in [-0.2, -0.15) is 4.31 Å². The van der Waals surface area contributed by atoms with Gasteiger partial charge in [-0.25, -0.2) is 18.4 Å². The number of aryl methyl sites for hydroxylation is 1. The van der Waals surface area contributed by atoms with Crippen LogP contribution in [0.5, 0.6) is 5.75 Å². The fraction of sp³-hybridized carbons (Fsp3) is 0.400. The molecule has 0 unspecified atom stereocenters. The van der Waals surface area contributed by atoms with E-state index in [9.17, 15) is 8.42 Å². The zero-order chi connectivity index (χ0) is 20.4. The van der Waals surface area contributed by atoms with Gasteiger partial charge in [-0.3, -0.25) is 0 Å². The summed E-state index contributed by atoms with van der Waals surface area (Å²) in [5, 5.41) is 0.0510. The number of hydrogen-bond donors (Lipinski definition) is 0. The van der Waals surface area contributed by atoms with E-state index in [1.54, 1.807) is 24.9 Å². The van der Waals surface area contributed by atoms with E-state index in [1.807, 2.05) is 24.3 Å². The van der Waals surface area contributed by atoms with E-state index < -0.39 is 16.1 Å². The minimum Gasteiger partial charge on any atom is -0.497 e. The van der Waals surface area contributed by atoms with E-state index in [4.69, 9.17) is 9.15 Å². The third-order valence-corrected chi connectivity index (χ3v) is 6.87. The molecule has 0 radical (unpaired) electrons. The third kappa shape index (κ3) is 4.06. The van der Waals surface area contributed by atoms with Crippen molar-refractivity contribution in [1.82, 2.24) is 18.8 Å². The van der Waals surface area contributed by atoms with Crippen molar-refractivity contribution in [1.29, 1.82) is 0 Å². The molecular formula is C20H24N4O4S. The van der Waals surface area contributed by atoms with Crippen LogP contribution in [-0.2, 0) is 23.5 Å². The van der Waals surface area contributed by atoms with Crippen molar-refractivity contribution < 1.29 is 17.6 Å². The summed E-state index contributed by atoms with van der Waals surface area (Å²) in [4.78, 5) is 8.45. The van der Waals surface area contributed by atoms with Crippen LogP contribution in [0.3, 0.4) is 0 Å². The number of ether oxygens (including phenoxy) is 1. The highest BCUT2D eigenvalue weighted by Crippen LogP contribution is 2.35. The molecule has 4 rings (SSSR count). The second kappa shape index (κ2) is 8.00. The molecule has 154 valence electrons. The Morgan fingerprint density at radius 3 is 2.90 bits per heavy atom. The van der Waals surface area contributed by atoms with Crippen LogP contribution in [0.2, 0.25) is 0 Å². The lowest BCUT2D eigenvalue weighted by Crippen LogP contribution is -2.38. The maximum absolute atomic E-state index is 13.1. The molecule has 0 amide bonds. The number of nitrogens with zero attached hydrogens (tertiary/aromatic N) is 4. The Morgan fingerprint density at radius 1 is 1.28 bits per heavy atom. The highest BCUT2D eigenvalue weighted by molar-refractivity contribution is 7.89.